The molecule has 4 nitrogen and oxygen atoms in total. The van der Waals surface area contributed by atoms with Gasteiger partial charge in [-0.05, 0) is 36.4 Å². The third-order valence-electron chi connectivity index (χ3n) is 4.09. The number of hydrogen-bond acceptors (Lipinski definition) is 4. The smallest absolute Gasteiger partial charge is 0.247 e. The first kappa shape index (κ1) is 14.2. The van der Waals surface area contributed by atoms with Crippen LogP contribution in [0.2, 0.25) is 0 Å². The number of nitrogens with zero attached hydrogens (tertiary/aromatic N) is 2. The summed E-state index contributed by atoms with van der Waals surface area (Å²) >= 11 is 1.71. The number of rotatable bonds is 3. The first-order valence-electron chi connectivity index (χ1n) is 7.69. The van der Waals surface area contributed by atoms with E-state index in [1.807, 2.05) is 35.2 Å². The number of fused-ring (bicyclic) bond motifs is 1. The second-order valence-corrected chi connectivity index (χ2v) is 6.54. The molecule has 0 aliphatic carbocycles. The fourth-order valence-electron chi connectivity index (χ4n) is 3.01. The molecule has 23 heavy (non-hydrogen) atoms. The quantitative estimate of drug-likeness (QED) is 0.676. The molecule has 0 spiro atoms. The van der Waals surface area contributed by atoms with Crippen LogP contribution < -0.4 is 0 Å². The van der Waals surface area contributed by atoms with Crippen molar-refractivity contribution < 1.29 is 9.21 Å². The second kappa shape index (κ2) is 6.01. The predicted octanol–water partition coefficient (Wildman–Crippen LogP) is 4.27. The van der Waals surface area contributed by atoms with E-state index in [1.54, 1.807) is 23.5 Å². The van der Waals surface area contributed by atoms with Gasteiger partial charge < -0.3 is 9.32 Å². The molecule has 1 fully saturated rings. The predicted molar refractivity (Wildman–Crippen MR) is 91.1 cm³/mol. The first-order valence-corrected chi connectivity index (χ1v) is 8.57. The molecule has 1 atom stereocenters. The van der Waals surface area contributed by atoms with Crippen molar-refractivity contribution >= 4 is 34.4 Å². The molecule has 0 bridgehead atoms. The molecule has 0 saturated carbocycles. The van der Waals surface area contributed by atoms with Gasteiger partial charge in [-0.1, -0.05) is 18.2 Å². The van der Waals surface area contributed by atoms with Crippen molar-refractivity contribution in [1.82, 2.24) is 9.88 Å². The van der Waals surface area contributed by atoms with Gasteiger partial charge in [0.1, 0.15) is 5.52 Å². The van der Waals surface area contributed by atoms with Crippen LogP contribution in [-0.4, -0.2) is 22.3 Å². The zero-order valence-corrected chi connectivity index (χ0v) is 13.3. The van der Waals surface area contributed by atoms with E-state index in [9.17, 15) is 4.79 Å². The summed E-state index contributed by atoms with van der Waals surface area (Å²) in [5.74, 6) is 0.481. The lowest BCUT2D eigenvalue weighted by Crippen LogP contribution is -2.28. The molecule has 5 heteroatoms. The lowest BCUT2D eigenvalue weighted by molar-refractivity contribution is -0.126. The van der Waals surface area contributed by atoms with E-state index in [-0.39, 0.29) is 11.9 Å². The van der Waals surface area contributed by atoms with Crippen molar-refractivity contribution in [3.8, 4) is 0 Å². The Hall–Kier alpha value is -2.40. The van der Waals surface area contributed by atoms with Crippen molar-refractivity contribution in [2.75, 3.05) is 6.54 Å². The zero-order valence-electron chi connectivity index (χ0n) is 12.5. The van der Waals surface area contributed by atoms with Gasteiger partial charge in [0.25, 0.3) is 0 Å². The van der Waals surface area contributed by atoms with Gasteiger partial charge in [-0.2, -0.15) is 0 Å². The third kappa shape index (κ3) is 2.80. The van der Waals surface area contributed by atoms with E-state index >= 15 is 0 Å². The number of oxazole rings is 1. The Morgan fingerprint density at radius 1 is 1.30 bits per heavy atom. The van der Waals surface area contributed by atoms with Gasteiger partial charge in [-0.3, -0.25) is 4.79 Å². The highest BCUT2D eigenvalue weighted by Crippen LogP contribution is 2.34. The minimum Gasteiger partial charge on any atom is -0.437 e. The molecule has 1 amide bonds. The Balaban J connectivity index is 1.52. The van der Waals surface area contributed by atoms with Gasteiger partial charge in [-0.15, -0.1) is 11.3 Å². The molecule has 2 aromatic heterocycles. The Kier molecular flexibility index (Phi) is 3.71. The van der Waals surface area contributed by atoms with Crippen molar-refractivity contribution in [3.63, 3.8) is 0 Å². The van der Waals surface area contributed by atoms with Gasteiger partial charge in [0.05, 0.1) is 6.04 Å². The largest absolute Gasteiger partial charge is 0.437 e. The lowest BCUT2D eigenvalue weighted by atomic mass is 10.2. The van der Waals surface area contributed by atoms with Crippen LogP contribution in [0.4, 0.5) is 0 Å². The Morgan fingerprint density at radius 3 is 3.04 bits per heavy atom. The third-order valence-corrected chi connectivity index (χ3v) is 5.06. The van der Waals surface area contributed by atoms with Crippen LogP contribution in [0.15, 0.2) is 52.3 Å². The van der Waals surface area contributed by atoms with Crippen molar-refractivity contribution in [1.29, 1.82) is 0 Å². The summed E-state index contributed by atoms with van der Waals surface area (Å²) in [5.41, 5.74) is 1.54. The fourth-order valence-corrected chi connectivity index (χ4v) is 3.88. The highest BCUT2D eigenvalue weighted by Gasteiger charge is 2.29. The number of aromatic nitrogens is 1. The summed E-state index contributed by atoms with van der Waals surface area (Å²) in [5, 5.41) is 2.06. The topological polar surface area (TPSA) is 46.3 Å². The molecule has 0 radical (unpaired) electrons. The molecule has 4 rings (SSSR count). The second-order valence-electron chi connectivity index (χ2n) is 5.56. The van der Waals surface area contributed by atoms with E-state index in [0.717, 1.165) is 30.5 Å². The molecule has 1 aliphatic heterocycles. The zero-order chi connectivity index (χ0) is 15.6. The average Bonchev–Trinajstić information content (AvgIpc) is 3.31. The van der Waals surface area contributed by atoms with Crippen LogP contribution in [0.25, 0.3) is 17.2 Å². The van der Waals surface area contributed by atoms with Gasteiger partial charge >= 0.3 is 0 Å². The molecule has 3 heterocycles. The van der Waals surface area contributed by atoms with Gasteiger partial charge in [0.15, 0.2) is 5.58 Å². The van der Waals surface area contributed by atoms with E-state index < -0.39 is 0 Å². The molecule has 1 aliphatic rings. The Labute approximate surface area is 138 Å². The lowest BCUT2D eigenvalue weighted by Gasteiger charge is -2.22. The summed E-state index contributed by atoms with van der Waals surface area (Å²) < 4.78 is 5.61. The summed E-state index contributed by atoms with van der Waals surface area (Å²) in [6.07, 6.45) is 5.30. The molecule has 0 N–H and O–H groups in total. The highest BCUT2D eigenvalue weighted by atomic mass is 32.1. The number of likely N-dealkylation sites (tertiary alicyclic amines) is 1. The molecule has 1 unspecified atom stereocenters. The van der Waals surface area contributed by atoms with E-state index in [2.05, 4.69) is 16.4 Å². The summed E-state index contributed by atoms with van der Waals surface area (Å²) in [7, 11) is 0. The van der Waals surface area contributed by atoms with Crippen molar-refractivity contribution in [3.05, 3.63) is 58.6 Å². The maximum absolute atomic E-state index is 12.5. The minimum atomic E-state index is 0.0168. The van der Waals surface area contributed by atoms with E-state index in [4.69, 9.17) is 4.42 Å². The highest BCUT2D eigenvalue weighted by molar-refractivity contribution is 7.10. The molecule has 116 valence electrons. The molecule has 1 aromatic carbocycles. The van der Waals surface area contributed by atoms with E-state index in [1.165, 1.54) is 4.88 Å². The number of para-hydroxylation sites is 2. The number of carbonyl (C=O) groups is 1. The number of carbonyl (C=O) groups excluding carboxylic acids is 1. The maximum Gasteiger partial charge on any atom is 0.247 e. The monoisotopic (exact) mass is 324 g/mol. The molecule has 1 saturated heterocycles. The average molecular weight is 324 g/mol. The SMILES string of the molecule is O=C(/C=C/c1nc2ccccc2o1)N1CCCC1c1cccs1. The van der Waals surface area contributed by atoms with Crippen LogP contribution in [0.3, 0.4) is 0 Å². The number of hydrogen-bond donors (Lipinski definition) is 0. The Bertz CT molecular complexity index is 818. The van der Waals surface area contributed by atoms with Gasteiger partial charge in [0.2, 0.25) is 11.8 Å². The number of amides is 1. The summed E-state index contributed by atoms with van der Waals surface area (Å²) in [6.45, 7) is 0.805. The molecular weight excluding hydrogens is 308 g/mol. The molecule has 3 aromatic rings. The summed E-state index contributed by atoms with van der Waals surface area (Å²) in [4.78, 5) is 20.1. The van der Waals surface area contributed by atoms with Crippen LogP contribution in [0, 0.1) is 0 Å². The van der Waals surface area contributed by atoms with Crippen molar-refractivity contribution in [2.24, 2.45) is 0 Å². The van der Waals surface area contributed by atoms with E-state index in [0.29, 0.717) is 5.89 Å². The van der Waals surface area contributed by atoms with Crippen LogP contribution in [-0.2, 0) is 4.79 Å². The van der Waals surface area contributed by atoms with Gasteiger partial charge in [0, 0.05) is 23.6 Å². The Morgan fingerprint density at radius 2 is 2.22 bits per heavy atom. The standard InChI is InChI=1S/C18H16N2O2S/c21-18(20-11-3-6-14(20)16-8-4-12-23-16)10-9-17-19-13-5-1-2-7-15(13)22-17/h1-2,4-5,7-10,12,14H,3,6,11H2/b10-9+. The maximum atomic E-state index is 12.5. The van der Waals surface area contributed by atoms with Crippen LogP contribution in [0.1, 0.15) is 29.7 Å². The number of thiophene rings is 1. The van der Waals surface area contributed by atoms with Crippen LogP contribution >= 0.6 is 11.3 Å². The summed E-state index contributed by atoms with van der Waals surface area (Å²) in [6, 6.07) is 11.9. The van der Waals surface area contributed by atoms with Crippen LogP contribution in [0.5, 0.6) is 0 Å². The fraction of sp³-hybridized carbons (Fsp3) is 0.222. The first-order chi connectivity index (χ1) is 11.3. The normalized spacial score (nSPS) is 18.3. The minimum absolute atomic E-state index is 0.0168. The van der Waals surface area contributed by atoms with Gasteiger partial charge in [-0.25, -0.2) is 4.98 Å². The van der Waals surface area contributed by atoms with Crippen molar-refractivity contribution in [2.45, 2.75) is 18.9 Å². The molecular formula is C18H16N2O2S. The number of benzene rings is 1.